The molecule has 0 saturated heterocycles. The summed E-state index contributed by atoms with van der Waals surface area (Å²) in [4.78, 5) is 14.2. The molecule has 14 rings (SSSR count). The maximum atomic E-state index is 6.56. The minimum Gasteiger partial charge on any atom is -0.521 e. The number of anilines is 3. The number of para-hydroxylation sites is 7. The van der Waals surface area contributed by atoms with Gasteiger partial charge >= 0.3 is 0 Å². The van der Waals surface area contributed by atoms with Crippen molar-refractivity contribution >= 4 is 82.6 Å². The predicted octanol–water partition coefficient (Wildman–Crippen LogP) is 14.8. The van der Waals surface area contributed by atoms with Gasteiger partial charge in [-0.3, -0.25) is 4.98 Å². The van der Waals surface area contributed by atoms with Gasteiger partial charge in [0.15, 0.2) is 0 Å². The molecule has 8 nitrogen and oxygen atoms in total. The Morgan fingerprint density at radius 2 is 0.957 bits per heavy atom. The molecule has 9 heteroatoms. The Balaban J connectivity index is 0.00000480. The molecule has 13 aromatic rings. The predicted molar refractivity (Wildman–Crippen MR) is 281 cm³/mol. The van der Waals surface area contributed by atoms with Crippen molar-refractivity contribution in [1.82, 2.24) is 23.7 Å². The first-order valence-corrected chi connectivity index (χ1v) is 23.1. The van der Waals surface area contributed by atoms with Gasteiger partial charge < -0.3 is 28.2 Å². The van der Waals surface area contributed by atoms with Gasteiger partial charge in [-0.05, 0) is 91.3 Å². The van der Waals surface area contributed by atoms with Crippen LogP contribution in [0.15, 0.2) is 200 Å². The fraction of sp³-hybridized carbons (Fsp3) is 0.0328. The first-order chi connectivity index (χ1) is 34.1. The van der Waals surface area contributed by atoms with E-state index in [9.17, 15) is 0 Å². The van der Waals surface area contributed by atoms with Crippen LogP contribution in [-0.2, 0) is 21.1 Å². The number of pyridine rings is 2. The van der Waals surface area contributed by atoms with Gasteiger partial charge in [-0.25, -0.2) is 4.98 Å². The maximum absolute atomic E-state index is 6.56. The van der Waals surface area contributed by atoms with E-state index in [4.69, 9.17) is 9.72 Å². The van der Waals surface area contributed by atoms with Crippen LogP contribution < -0.4 is 14.5 Å². The third-order valence-corrected chi connectivity index (χ3v) is 13.7. The first kappa shape index (κ1) is 41.7. The Bertz CT molecular complexity index is 3980. The van der Waals surface area contributed by atoms with E-state index in [0.717, 1.165) is 89.1 Å². The van der Waals surface area contributed by atoms with Gasteiger partial charge in [-0.1, -0.05) is 121 Å². The van der Waals surface area contributed by atoms with E-state index in [1.165, 1.54) is 21.5 Å². The summed E-state index contributed by atoms with van der Waals surface area (Å²) >= 11 is 0. The molecule has 0 N–H and O–H groups in total. The van der Waals surface area contributed by atoms with Crippen LogP contribution in [-0.4, -0.2) is 30.7 Å². The Kier molecular flexibility index (Phi) is 9.75. The molecular weight excluding hydrogens is 1040 g/mol. The normalized spacial score (nSPS) is 12.5. The fourth-order valence-electron chi connectivity index (χ4n) is 10.7. The van der Waals surface area contributed by atoms with Crippen molar-refractivity contribution in [3.63, 3.8) is 0 Å². The molecule has 1 aliphatic rings. The molecule has 338 valence electrons. The van der Waals surface area contributed by atoms with Crippen LogP contribution in [0.25, 0.3) is 93.7 Å². The second-order valence-electron chi connectivity index (χ2n) is 17.7. The van der Waals surface area contributed by atoms with Gasteiger partial charge in [0.25, 0.3) is 0 Å². The van der Waals surface area contributed by atoms with E-state index in [1.54, 1.807) is 6.20 Å². The van der Waals surface area contributed by atoms with Crippen molar-refractivity contribution in [2.24, 2.45) is 0 Å². The average molecular weight is 1080 g/mol. The zero-order valence-electron chi connectivity index (χ0n) is 38.0. The van der Waals surface area contributed by atoms with Crippen molar-refractivity contribution in [3.05, 3.63) is 225 Å². The number of fused-ring (bicyclic) bond motifs is 10. The summed E-state index contributed by atoms with van der Waals surface area (Å²) in [6.07, 6.45) is 3.82. The van der Waals surface area contributed by atoms with E-state index >= 15 is 0 Å². The zero-order valence-corrected chi connectivity index (χ0v) is 40.3. The number of aryl methyl sites for hydroxylation is 1. The second-order valence-corrected chi connectivity index (χ2v) is 17.7. The number of rotatable bonds is 7. The van der Waals surface area contributed by atoms with Crippen LogP contribution in [0.5, 0.6) is 11.5 Å². The minimum atomic E-state index is 0. The van der Waals surface area contributed by atoms with Crippen molar-refractivity contribution in [2.45, 2.75) is 6.92 Å². The van der Waals surface area contributed by atoms with Crippen LogP contribution in [0.4, 0.5) is 17.2 Å². The number of nitrogens with zero attached hydrogens (tertiary/aromatic N) is 7. The maximum Gasteiger partial charge on any atom is 0.135 e. The van der Waals surface area contributed by atoms with E-state index in [0.29, 0.717) is 17.3 Å². The Labute approximate surface area is 418 Å². The summed E-state index contributed by atoms with van der Waals surface area (Å²) in [5, 5.41) is 7.01. The van der Waals surface area contributed by atoms with Crippen molar-refractivity contribution in [1.29, 1.82) is 0 Å². The Morgan fingerprint density at radius 3 is 1.53 bits per heavy atom. The molecule has 1 aliphatic heterocycles. The Hall–Kier alpha value is -8.45. The van der Waals surface area contributed by atoms with Gasteiger partial charge in [0.05, 0.1) is 33.4 Å². The van der Waals surface area contributed by atoms with Gasteiger partial charge in [-0.15, -0.1) is 17.5 Å². The number of aromatic nitrogens is 5. The molecule has 0 fully saturated rings. The molecule has 0 unspecified atom stereocenters. The molecule has 8 aromatic carbocycles. The molecule has 0 radical (unpaired) electrons. The van der Waals surface area contributed by atoms with E-state index < -0.39 is 0 Å². The fourth-order valence-corrected chi connectivity index (χ4v) is 10.7. The summed E-state index contributed by atoms with van der Waals surface area (Å²) < 4.78 is 13.6. The van der Waals surface area contributed by atoms with Crippen LogP contribution in [0.2, 0.25) is 0 Å². The van der Waals surface area contributed by atoms with Crippen LogP contribution in [0.1, 0.15) is 5.56 Å². The van der Waals surface area contributed by atoms with Gasteiger partial charge in [0, 0.05) is 88.4 Å². The first-order valence-electron chi connectivity index (χ1n) is 23.1. The largest absolute Gasteiger partial charge is 0.521 e. The zero-order chi connectivity index (χ0) is 45.7. The molecular formula is C61H40N7OPt-3. The van der Waals surface area contributed by atoms with Gasteiger partial charge in [0.1, 0.15) is 5.82 Å². The topological polar surface area (TPSA) is 56.3 Å². The smallest absolute Gasteiger partial charge is 0.135 e. The number of hydrogen-bond donors (Lipinski definition) is 0. The standard InChI is InChI=1S/C61H40N7O.Pt/c1-39-34-60(68-53-25-12-7-20-46(53)47-31-30-40(35-58(47)68)69-41-32-33-62-59(36-41)65-38-64(2)54-26-13-14-27-55(54)65)63-37-48(39)61-56(66-49-21-8-3-16-42(49)43-17-4-9-22-50(43)66)28-15-29-57(61)67-51-23-10-5-18-44(51)45-19-6-11-24-52(45)67;/h3-34,37-38H,1-2H3;/q-3;. The monoisotopic (exact) mass is 1080 g/mol. The second kappa shape index (κ2) is 16.4. The average Bonchev–Trinajstić information content (AvgIpc) is 4.12. The third-order valence-electron chi connectivity index (χ3n) is 13.7. The van der Waals surface area contributed by atoms with Crippen molar-refractivity contribution < 1.29 is 25.8 Å². The summed E-state index contributed by atoms with van der Waals surface area (Å²) in [6.45, 7) is 4.22. The Morgan fingerprint density at radius 1 is 0.471 bits per heavy atom. The molecule has 70 heavy (non-hydrogen) atoms. The number of hydrogen-bond acceptors (Lipinski definition) is 5. The van der Waals surface area contributed by atoms with Crippen LogP contribution >= 0.6 is 0 Å². The molecule has 0 atom stereocenters. The van der Waals surface area contributed by atoms with E-state index in [1.807, 2.05) is 42.9 Å². The molecule has 0 saturated carbocycles. The molecule has 0 amide bonds. The number of benzene rings is 8. The summed E-state index contributed by atoms with van der Waals surface area (Å²) in [5.41, 5.74) is 14.0. The van der Waals surface area contributed by atoms with Crippen LogP contribution in [0, 0.1) is 25.7 Å². The van der Waals surface area contributed by atoms with Gasteiger partial charge in [0.2, 0.25) is 0 Å². The SMILES string of the molecule is Cc1cc(-n2c3[c-]c(Oc4[c-]c(N5[CH-]N(C)c6ccccc65)ncc4)ccc3c3ccccc32)ncc1-c1c(-n2c3ccccc3c3ccccc32)cccc1-n1c2ccccc2c2ccccc21.[Pt]. The molecule has 5 aromatic heterocycles. The summed E-state index contributed by atoms with van der Waals surface area (Å²) in [5.74, 6) is 2.53. The van der Waals surface area contributed by atoms with E-state index in [-0.39, 0.29) is 21.1 Å². The van der Waals surface area contributed by atoms with E-state index in [2.05, 4.69) is 213 Å². The third kappa shape index (κ3) is 6.33. The molecule has 0 spiro atoms. The quantitative estimate of drug-likeness (QED) is 0.149. The van der Waals surface area contributed by atoms with Crippen molar-refractivity contribution in [2.75, 3.05) is 16.8 Å². The summed E-state index contributed by atoms with van der Waals surface area (Å²) in [7, 11) is 2.03. The van der Waals surface area contributed by atoms with Crippen LogP contribution in [0.3, 0.4) is 0 Å². The summed E-state index contributed by atoms with van der Waals surface area (Å²) in [6, 6.07) is 73.5. The molecule has 0 bridgehead atoms. The minimum absolute atomic E-state index is 0. The van der Waals surface area contributed by atoms with Crippen molar-refractivity contribution in [3.8, 4) is 39.8 Å². The molecule has 0 aliphatic carbocycles. The molecule has 6 heterocycles. The number of ether oxygens (including phenoxy) is 1. The van der Waals surface area contributed by atoms with Gasteiger partial charge in [-0.2, -0.15) is 24.9 Å².